The lowest BCUT2D eigenvalue weighted by molar-refractivity contribution is -0.166. The van der Waals surface area contributed by atoms with Gasteiger partial charge in [-0.3, -0.25) is 19.0 Å². The number of nitrogen functional groups attached to an aromatic ring is 1. The van der Waals surface area contributed by atoms with E-state index in [1.54, 1.807) is 0 Å². The molecule has 1 saturated heterocycles. The number of rotatable bonds is 5. The minimum atomic E-state index is -1.03. The number of hydrogen-bond donors (Lipinski definition) is 1. The molecule has 0 amide bonds. The van der Waals surface area contributed by atoms with E-state index in [9.17, 15) is 14.4 Å². The van der Waals surface area contributed by atoms with E-state index in [1.165, 1.54) is 38.0 Å². The summed E-state index contributed by atoms with van der Waals surface area (Å²) in [6.07, 6.45) is -1.22. The molecule has 0 spiro atoms. The minimum Gasteiger partial charge on any atom is -0.463 e. The summed E-state index contributed by atoms with van der Waals surface area (Å²) < 4.78 is 23.1. The topological polar surface area (TPSA) is 158 Å². The summed E-state index contributed by atoms with van der Waals surface area (Å²) >= 11 is 0. The predicted molar refractivity (Wildman–Crippen MR) is 91.4 cm³/mol. The van der Waals surface area contributed by atoms with Crippen LogP contribution in [0.1, 0.15) is 27.0 Å². The van der Waals surface area contributed by atoms with E-state index >= 15 is 0 Å². The average molecular weight is 393 g/mol. The third-order valence-corrected chi connectivity index (χ3v) is 4.00. The van der Waals surface area contributed by atoms with Crippen LogP contribution in [0.25, 0.3) is 11.2 Å². The molecule has 0 radical (unpaired) electrons. The van der Waals surface area contributed by atoms with Gasteiger partial charge in [0.1, 0.15) is 24.6 Å². The lowest BCUT2D eigenvalue weighted by Gasteiger charge is -2.23. The van der Waals surface area contributed by atoms with Gasteiger partial charge in [-0.25, -0.2) is 15.0 Å². The Morgan fingerprint density at radius 3 is 2.39 bits per heavy atom. The van der Waals surface area contributed by atoms with Gasteiger partial charge in [0.25, 0.3) is 0 Å². The largest absolute Gasteiger partial charge is 0.463 e. The van der Waals surface area contributed by atoms with Crippen LogP contribution >= 0.6 is 0 Å². The molecule has 0 aromatic carbocycles. The SMILES string of the molecule is CC(=O)OC[C@H]1O[C@@H](n2cnc3c(N)ncnc32)[C@@H](OC(C)=O)[C@H]1OC(C)=O. The molecule has 1 fully saturated rings. The molecule has 0 unspecified atom stereocenters. The van der Waals surface area contributed by atoms with Gasteiger partial charge in [0.15, 0.2) is 29.9 Å². The van der Waals surface area contributed by atoms with Crippen molar-refractivity contribution in [2.45, 2.75) is 45.3 Å². The van der Waals surface area contributed by atoms with Crippen molar-refractivity contribution < 1.29 is 33.3 Å². The van der Waals surface area contributed by atoms with E-state index in [0.29, 0.717) is 11.2 Å². The van der Waals surface area contributed by atoms with Gasteiger partial charge in [0.05, 0.1) is 6.33 Å². The number of ether oxygens (including phenoxy) is 4. The number of imidazole rings is 1. The molecule has 4 atom stereocenters. The van der Waals surface area contributed by atoms with Crippen LogP contribution in [0.4, 0.5) is 5.82 Å². The molecular formula is C16H19N5O7. The van der Waals surface area contributed by atoms with Crippen LogP contribution < -0.4 is 5.73 Å². The molecule has 12 nitrogen and oxygen atoms in total. The van der Waals surface area contributed by atoms with Crippen molar-refractivity contribution in [1.82, 2.24) is 19.5 Å². The Labute approximate surface area is 158 Å². The van der Waals surface area contributed by atoms with Crippen molar-refractivity contribution in [2.75, 3.05) is 12.3 Å². The molecule has 0 saturated carbocycles. The van der Waals surface area contributed by atoms with Crippen molar-refractivity contribution in [2.24, 2.45) is 0 Å². The summed E-state index contributed by atoms with van der Waals surface area (Å²) in [5.41, 5.74) is 6.48. The third-order valence-electron chi connectivity index (χ3n) is 4.00. The van der Waals surface area contributed by atoms with Gasteiger partial charge in [-0.15, -0.1) is 0 Å². The van der Waals surface area contributed by atoms with Crippen LogP contribution in [-0.4, -0.2) is 62.3 Å². The molecule has 3 heterocycles. The Kier molecular flexibility index (Phi) is 5.40. The van der Waals surface area contributed by atoms with Crippen molar-refractivity contribution >= 4 is 34.9 Å². The molecule has 150 valence electrons. The van der Waals surface area contributed by atoms with Gasteiger partial charge in [-0.2, -0.15) is 0 Å². The Bertz CT molecular complexity index is 914. The van der Waals surface area contributed by atoms with Gasteiger partial charge in [-0.1, -0.05) is 0 Å². The second-order valence-electron chi connectivity index (χ2n) is 6.10. The highest BCUT2D eigenvalue weighted by atomic mass is 16.7. The minimum absolute atomic E-state index is 0.166. The van der Waals surface area contributed by atoms with Crippen molar-refractivity contribution in [3.63, 3.8) is 0 Å². The Hall–Kier alpha value is -3.28. The number of fused-ring (bicyclic) bond motifs is 1. The highest BCUT2D eigenvalue weighted by Crippen LogP contribution is 2.36. The van der Waals surface area contributed by atoms with E-state index < -0.39 is 42.4 Å². The average Bonchev–Trinajstić information content (AvgIpc) is 3.16. The number of carbonyl (C=O) groups excluding carboxylic acids is 3. The molecule has 2 aromatic heterocycles. The monoisotopic (exact) mass is 393 g/mol. The van der Waals surface area contributed by atoms with Crippen LogP contribution in [0.15, 0.2) is 12.7 Å². The highest BCUT2D eigenvalue weighted by Gasteiger charge is 2.51. The summed E-state index contributed by atoms with van der Waals surface area (Å²) in [6, 6.07) is 0. The van der Waals surface area contributed by atoms with E-state index in [4.69, 9.17) is 24.7 Å². The van der Waals surface area contributed by atoms with Crippen LogP contribution in [0, 0.1) is 0 Å². The molecule has 1 aliphatic rings. The fourth-order valence-electron chi connectivity index (χ4n) is 2.97. The zero-order chi connectivity index (χ0) is 20.4. The molecule has 2 aromatic rings. The smallest absolute Gasteiger partial charge is 0.303 e. The Morgan fingerprint density at radius 2 is 1.75 bits per heavy atom. The van der Waals surface area contributed by atoms with Crippen molar-refractivity contribution in [3.05, 3.63) is 12.7 Å². The summed E-state index contributed by atoms with van der Waals surface area (Å²) in [6.45, 7) is 3.46. The Balaban J connectivity index is 2.01. The quantitative estimate of drug-likeness (QED) is 0.526. The zero-order valence-corrected chi connectivity index (χ0v) is 15.4. The number of nitrogens with zero attached hydrogens (tertiary/aromatic N) is 4. The number of carbonyl (C=O) groups is 3. The van der Waals surface area contributed by atoms with E-state index in [2.05, 4.69) is 15.0 Å². The van der Waals surface area contributed by atoms with E-state index in [0.717, 1.165) is 0 Å². The summed E-state index contributed by atoms with van der Waals surface area (Å²) in [7, 11) is 0. The maximum absolute atomic E-state index is 11.7. The summed E-state index contributed by atoms with van der Waals surface area (Å²) in [4.78, 5) is 46.6. The highest BCUT2D eigenvalue weighted by molar-refractivity contribution is 5.81. The lowest BCUT2D eigenvalue weighted by Crippen LogP contribution is -2.40. The number of aromatic nitrogens is 4. The first-order chi connectivity index (χ1) is 13.3. The van der Waals surface area contributed by atoms with E-state index in [1.807, 2.05) is 0 Å². The Morgan fingerprint density at radius 1 is 1.07 bits per heavy atom. The maximum atomic E-state index is 11.7. The molecular weight excluding hydrogens is 374 g/mol. The van der Waals surface area contributed by atoms with Crippen molar-refractivity contribution in [3.8, 4) is 0 Å². The first-order valence-corrected chi connectivity index (χ1v) is 8.34. The second kappa shape index (κ2) is 7.76. The van der Waals surface area contributed by atoms with Crippen LogP contribution in [0.3, 0.4) is 0 Å². The predicted octanol–water partition coefficient (Wildman–Crippen LogP) is -0.268. The normalized spacial score (nSPS) is 24.1. The van der Waals surface area contributed by atoms with Gasteiger partial charge in [0.2, 0.25) is 0 Å². The van der Waals surface area contributed by atoms with Gasteiger partial charge >= 0.3 is 17.9 Å². The van der Waals surface area contributed by atoms with E-state index in [-0.39, 0.29) is 12.4 Å². The van der Waals surface area contributed by atoms with Gasteiger partial charge in [-0.05, 0) is 0 Å². The molecule has 1 aliphatic heterocycles. The molecule has 2 N–H and O–H groups in total. The standard InChI is InChI=1S/C16H19N5O7/c1-7(22)25-4-10-12(26-8(2)23)13(27-9(3)24)16(28-10)21-6-20-11-14(17)18-5-19-15(11)21/h5-6,10,12-13,16H,4H2,1-3H3,(H2,17,18,19)/t10-,12+,13+,16-/m1/s1. The fourth-order valence-corrected chi connectivity index (χ4v) is 2.97. The first-order valence-electron chi connectivity index (χ1n) is 8.34. The van der Waals surface area contributed by atoms with Crippen molar-refractivity contribution in [1.29, 1.82) is 0 Å². The summed E-state index contributed by atoms with van der Waals surface area (Å²) in [5, 5.41) is 0. The second-order valence-corrected chi connectivity index (χ2v) is 6.10. The van der Waals surface area contributed by atoms with Crippen LogP contribution in [-0.2, 0) is 33.3 Å². The molecule has 28 heavy (non-hydrogen) atoms. The van der Waals surface area contributed by atoms with Crippen LogP contribution in [0.5, 0.6) is 0 Å². The molecule has 12 heteroatoms. The first kappa shape index (κ1) is 19.5. The number of hydrogen-bond acceptors (Lipinski definition) is 11. The van der Waals surface area contributed by atoms with Crippen LogP contribution in [0.2, 0.25) is 0 Å². The number of esters is 3. The molecule has 0 bridgehead atoms. The third kappa shape index (κ3) is 3.86. The fraction of sp³-hybridized carbons (Fsp3) is 0.500. The molecule has 3 rings (SSSR count). The maximum Gasteiger partial charge on any atom is 0.303 e. The lowest BCUT2D eigenvalue weighted by atomic mass is 10.1. The van der Waals surface area contributed by atoms with Gasteiger partial charge in [0, 0.05) is 20.8 Å². The van der Waals surface area contributed by atoms with Gasteiger partial charge < -0.3 is 24.7 Å². The zero-order valence-electron chi connectivity index (χ0n) is 15.4. The number of nitrogens with two attached hydrogens (primary N) is 1. The molecule has 0 aliphatic carbocycles. The summed E-state index contributed by atoms with van der Waals surface area (Å²) in [5.74, 6) is -1.59. The number of anilines is 1.